The quantitative estimate of drug-likeness (QED) is 0.811. The summed E-state index contributed by atoms with van der Waals surface area (Å²) in [5.41, 5.74) is 3.21. The van der Waals surface area contributed by atoms with Crippen molar-refractivity contribution in [1.29, 1.82) is 0 Å². The van der Waals surface area contributed by atoms with Crippen molar-refractivity contribution < 1.29 is 9.53 Å². The minimum Gasteiger partial charge on any atom is -0.475 e. The van der Waals surface area contributed by atoms with E-state index in [9.17, 15) is 4.79 Å². The molecule has 0 atom stereocenters. The number of benzene rings is 2. The average molecular weight is 350 g/mol. The van der Waals surface area contributed by atoms with Gasteiger partial charge in [-0.1, -0.05) is 37.6 Å². The van der Waals surface area contributed by atoms with Crippen LogP contribution in [0.2, 0.25) is 0 Å². The van der Waals surface area contributed by atoms with Gasteiger partial charge in [-0.25, -0.2) is 4.99 Å². The molecule has 0 unspecified atom stereocenters. The van der Waals surface area contributed by atoms with Gasteiger partial charge in [0.2, 0.25) is 5.90 Å². The number of para-hydroxylation sites is 1. The van der Waals surface area contributed by atoms with E-state index in [1.165, 1.54) is 0 Å². The second-order valence-electron chi connectivity index (χ2n) is 7.27. The second kappa shape index (κ2) is 7.73. The Morgan fingerprint density at radius 3 is 2.58 bits per heavy atom. The van der Waals surface area contributed by atoms with Gasteiger partial charge in [0.1, 0.15) is 6.61 Å². The zero-order valence-corrected chi connectivity index (χ0v) is 15.7. The lowest BCUT2D eigenvalue weighted by Crippen LogP contribution is -2.17. The molecule has 0 aliphatic carbocycles. The summed E-state index contributed by atoms with van der Waals surface area (Å²) in [7, 11) is 0. The topological polar surface area (TPSA) is 50.7 Å². The molecule has 1 aliphatic rings. The zero-order chi connectivity index (χ0) is 18.6. The summed E-state index contributed by atoms with van der Waals surface area (Å²) in [4.78, 5) is 17.6. The fraction of sp³-hybridized carbons (Fsp3) is 0.364. The van der Waals surface area contributed by atoms with Crippen molar-refractivity contribution >= 4 is 17.5 Å². The molecule has 1 aliphatic heterocycles. The fourth-order valence-electron chi connectivity index (χ4n) is 3.07. The van der Waals surface area contributed by atoms with Crippen LogP contribution in [0, 0.1) is 0 Å². The van der Waals surface area contributed by atoms with Crippen LogP contribution in [0.4, 0.5) is 5.69 Å². The van der Waals surface area contributed by atoms with Gasteiger partial charge in [-0.2, -0.15) is 0 Å². The zero-order valence-electron chi connectivity index (χ0n) is 15.7. The van der Waals surface area contributed by atoms with Crippen LogP contribution < -0.4 is 5.32 Å². The van der Waals surface area contributed by atoms with Crippen LogP contribution in [0.1, 0.15) is 55.1 Å². The molecule has 0 radical (unpaired) electrons. The lowest BCUT2D eigenvalue weighted by Gasteiger charge is -2.14. The molecular formula is C22H26N2O2. The van der Waals surface area contributed by atoms with Gasteiger partial charge in [0, 0.05) is 16.8 Å². The summed E-state index contributed by atoms with van der Waals surface area (Å²) >= 11 is 0. The molecular weight excluding hydrogens is 324 g/mol. The Bertz CT molecular complexity index is 810. The maximum atomic E-state index is 12.9. The fourth-order valence-corrected chi connectivity index (χ4v) is 3.07. The number of nitrogens with zero attached hydrogens (tertiary/aromatic N) is 1. The van der Waals surface area contributed by atoms with E-state index in [-0.39, 0.29) is 11.4 Å². The van der Waals surface area contributed by atoms with Gasteiger partial charge in [-0.3, -0.25) is 4.79 Å². The van der Waals surface area contributed by atoms with Crippen LogP contribution in [-0.4, -0.2) is 24.0 Å². The Balaban J connectivity index is 1.97. The van der Waals surface area contributed by atoms with Crippen LogP contribution in [0.15, 0.2) is 53.5 Å². The smallest absolute Gasteiger partial charge is 0.255 e. The Hall–Kier alpha value is -2.62. The van der Waals surface area contributed by atoms with Crippen LogP contribution >= 0.6 is 0 Å². The highest BCUT2D eigenvalue weighted by Gasteiger charge is 2.29. The predicted molar refractivity (Wildman–Crippen MR) is 106 cm³/mol. The summed E-state index contributed by atoms with van der Waals surface area (Å²) in [5.74, 6) is 0.553. The second-order valence-corrected chi connectivity index (χ2v) is 7.27. The van der Waals surface area contributed by atoms with Gasteiger partial charge >= 0.3 is 0 Å². The van der Waals surface area contributed by atoms with Crippen molar-refractivity contribution in [3.8, 4) is 0 Å². The maximum absolute atomic E-state index is 12.9. The highest BCUT2D eigenvalue weighted by Crippen LogP contribution is 2.26. The van der Waals surface area contributed by atoms with Gasteiger partial charge in [-0.05, 0) is 56.5 Å². The van der Waals surface area contributed by atoms with Gasteiger partial charge < -0.3 is 10.1 Å². The molecule has 0 spiro atoms. The Morgan fingerprint density at radius 1 is 1.15 bits per heavy atom. The number of carbonyl (C=O) groups is 1. The lowest BCUT2D eigenvalue weighted by atomic mass is 9.95. The monoisotopic (exact) mass is 350 g/mol. The molecule has 0 aromatic heterocycles. The third kappa shape index (κ3) is 4.13. The van der Waals surface area contributed by atoms with E-state index < -0.39 is 0 Å². The molecule has 1 N–H and O–H groups in total. The molecule has 1 heterocycles. The number of carbonyl (C=O) groups excluding carboxylic acids is 1. The summed E-state index contributed by atoms with van der Waals surface area (Å²) < 4.78 is 5.85. The molecule has 3 rings (SSSR count). The number of hydrogen-bond acceptors (Lipinski definition) is 3. The number of amides is 1. The van der Waals surface area contributed by atoms with Crippen molar-refractivity contribution in [3.05, 3.63) is 65.2 Å². The van der Waals surface area contributed by atoms with Crippen LogP contribution in [0.3, 0.4) is 0 Å². The van der Waals surface area contributed by atoms with Gasteiger partial charge in [0.05, 0.1) is 5.54 Å². The number of ether oxygens (including phenoxy) is 1. The molecule has 2 aromatic rings. The van der Waals surface area contributed by atoms with Crippen LogP contribution in [0.5, 0.6) is 0 Å². The van der Waals surface area contributed by atoms with Crippen molar-refractivity contribution in [2.75, 3.05) is 11.9 Å². The predicted octanol–water partition coefficient (Wildman–Crippen LogP) is 4.84. The average Bonchev–Trinajstić information content (AvgIpc) is 3.00. The van der Waals surface area contributed by atoms with E-state index in [2.05, 4.69) is 26.1 Å². The summed E-state index contributed by atoms with van der Waals surface area (Å²) in [6.45, 7) is 6.82. The Kier molecular flexibility index (Phi) is 5.40. The molecule has 0 saturated heterocycles. The standard InChI is InChI=1S/C22H26N2O2/c1-4-5-12-17-18(20(25)23-16-10-7-6-8-11-16)13-9-14-19(17)21-24-22(2,3)15-26-21/h6-11,13-14H,4-5,12,15H2,1-3H3,(H,23,25). The number of aliphatic imine (C=N–C) groups is 1. The molecule has 0 saturated carbocycles. The van der Waals surface area contributed by atoms with Gasteiger partial charge in [-0.15, -0.1) is 0 Å². The maximum Gasteiger partial charge on any atom is 0.255 e. The highest BCUT2D eigenvalue weighted by molar-refractivity contribution is 6.08. The molecule has 0 fully saturated rings. The minimum absolute atomic E-state index is 0.0954. The van der Waals surface area contributed by atoms with E-state index in [4.69, 9.17) is 9.73 Å². The lowest BCUT2D eigenvalue weighted by molar-refractivity contribution is 0.102. The number of rotatable bonds is 6. The highest BCUT2D eigenvalue weighted by atomic mass is 16.5. The van der Waals surface area contributed by atoms with Crippen LogP contribution in [0.25, 0.3) is 0 Å². The Morgan fingerprint density at radius 2 is 1.92 bits per heavy atom. The molecule has 4 heteroatoms. The van der Waals surface area contributed by atoms with E-state index in [1.807, 2.05) is 48.5 Å². The minimum atomic E-state index is -0.223. The van der Waals surface area contributed by atoms with E-state index in [0.717, 1.165) is 36.1 Å². The Labute approximate surface area is 155 Å². The van der Waals surface area contributed by atoms with E-state index in [1.54, 1.807) is 0 Å². The first kappa shape index (κ1) is 18.2. The van der Waals surface area contributed by atoms with Crippen molar-refractivity contribution in [3.63, 3.8) is 0 Å². The first-order chi connectivity index (χ1) is 12.5. The SMILES string of the molecule is CCCCc1c(C(=O)Nc2ccccc2)cccc1C1=NC(C)(C)CO1. The van der Waals surface area contributed by atoms with Gasteiger partial charge in [0.25, 0.3) is 5.91 Å². The molecule has 4 nitrogen and oxygen atoms in total. The molecule has 1 amide bonds. The van der Waals surface area contributed by atoms with Crippen molar-refractivity contribution in [2.45, 2.75) is 45.6 Å². The third-order valence-corrected chi connectivity index (χ3v) is 4.43. The summed E-state index contributed by atoms with van der Waals surface area (Å²) in [5, 5.41) is 2.99. The van der Waals surface area contributed by atoms with E-state index in [0.29, 0.717) is 18.1 Å². The first-order valence-electron chi connectivity index (χ1n) is 9.21. The largest absolute Gasteiger partial charge is 0.475 e. The third-order valence-electron chi connectivity index (χ3n) is 4.43. The van der Waals surface area contributed by atoms with Gasteiger partial charge in [0.15, 0.2) is 0 Å². The number of unbranched alkanes of at least 4 members (excludes halogenated alkanes) is 1. The molecule has 26 heavy (non-hydrogen) atoms. The number of anilines is 1. The number of nitrogens with one attached hydrogen (secondary N) is 1. The first-order valence-corrected chi connectivity index (χ1v) is 9.21. The molecule has 0 bridgehead atoms. The number of hydrogen-bond donors (Lipinski definition) is 1. The van der Waals surface area contributed by atoms with E-state index >= 15 is 0 Å². The molecule has 136 valence electrons. The summed E-state index contributed by atoms with van der Waals surface area (Å²) in [6, 6.07) is 15.3. The van der Waals surface area contributed by atoms with Crippen molar-refractivity contribution in [1.82, 2.24) is 0 Å². The normalized spacial score (nSPS) is 15.3. The van der Waals surface area contributed by atoms with Crippen LogP contribution in [-0.2, 0) is 11.2 Å². The summed E-state index contributed by atoms with van der Waals surface area (Å²) in [6.07, 6.45) is 2.90. The van der Waals surface area contributed by atoms with Crippen molar-refractivity contribution in [2.24, 2.45) is 4.99 Å². The molecule has 2 aromatic carbocycles.